The Morgan fingerprint density at radius 2 is 2.10 bits per heavy atom. The van der Waals surface area contributed by atoms with E-state index >= 15 is 0 Å². The molecule has 0 aromatic heterocycles. The highest BCUT2D eigenvalue weighted by Gasteiger charge is 2.06. The number of nitrogens with one attached hydrogen (secondary N) is 1. The topological polar surface area (TPSA) is 64.3 Å². The predicted molar refractivity (Wildman–Crippen MR) is 76.1 cm³/mol. The Morgan fingerprint density at radius 1 is 1.30 bits per heavy atom. The van der Waals surface area contributed by atoms with Gasteiger partial charge in [-0.1, -0.05) is 12.1 Å². The summed E-state index contributed by atoms with van der Waals surface area (Å²) < 4.78 is 18.1. The van der Waals surface area contributed by atoms with Gasteiger partial charge in [-0.3, -0.25) is 4.79 Å². The maximum atomic E-state index is 12.9. The lowest BCUT2D eigenvalue weighted by atomic mass is 10.2. The maximum Gasteiger partial charge on any atom is 0.262 e. The van der Waals surface area contributed by atoms with Gasteiger partial charge in [-0.05, 0) is 36.8 Å². The van der Waals surface area contributed by atoms with Gasteiger partial charge >= 0.3 is 0 Å². The Morgan fingerprint density at radius 3 is 2.80 bits per heavy atom. The van der Waals surface area contributed by atoms with Gasteiger partial charge in [-0.25, -0.2) is 4.39 Å². The lowest BCUT2D eigenvalue weighted by molar-refractivity contribution is -0.118. The smallest absolute Gasteiger partial charge is 0.262 e. The van der Waals surface area contributed by atoms with E-state index in [1.165, 1.54) is 18.2 Å². The first-order valence-corrected chi connectivity index (χ1v) is 6.09. The minimum absolute atomic E-state index is 0.212. The molecule has 0 heterocycles. The van der Waals surface area contributed by atoms with E-state index in [-0.39, 0.29) is 12.5 Å². The van der Waals surface area contributed by atoms with Crippen molar-refractivity contribution in [1.29, 1.82) is 0 Å². The molecule has 0 saturated carbocycles. The van der Waals surface area contributed by atoms with Crippen molar-refractivity contribution in [3.63, 3.8) is 0 Å². The van der Waals surface area contributed by atoms with E-state index in [0.717, 1.165) is 5.56 Å². The Kier molecular flexibility index (Phi) is 4.20. The molecule has 4 nitrogen and oxygen atoms in total. The summed E-state index contributed by atoms with van der Waals surface area (Å²) >= 11 is 0. The second-order valence-corrected chi connectivity index (χ2v) is 4.38. The van der Waals surface area contributed by atoms with E-state index < -0.39 is 5.82 Å². The number of halogens is 1. The fraction of sp³-hybridized carbons (Fsp3) is 0.133. The molecule has 1 amide bonds. The Labute approximate surface area is 116 Å². The third-order valence-electron chi connectivity index (χ3n) is 2.65. The van der Waals surface area contributed by atoms with Crippen molar-refractivity contribution in [2.75, 3.05) is 17.7 Å². The highest BCUT2D eigenvalue weighted by atomic mass is 19.1. The molecule has 0 aliphatic rings. The van der Waals surface area contributed by atoms with Crippen LogP contribution in [0, 0.1) is 12.7 Å². The van der Waals surface area contributed by atoms with Crippen molar-refractivity contribution >= 4 is 17.3 Å². The van der Waals surface area contributed by atoms with E-state index in [1.807, 2.05) is 13.0 Å². The van der Waals surface area contributed by atoms with Crippen molar-refractivity contribution < 1.29 is 13.9 Å². The van der Waals surface area contributed by atoms with Crippen LogP contribution in [0.1, 0.15) is 5.56 Å². The Bertz CT molecular complexity index is 629. The van der Waals surface area contributed by atoms with Crippen LogP contribution in [-0.2, 0) is 4.79 Å². The van der Waals surface area contributed by atoms with Crippen LogP contribution >= 0.6 is 0 Å². The Hall–Kier alpha value is -2.56. The number of amides is 1. The number of nitrogens with two attached hydrogens (primary N) is 1. The zero-order valence-electron chi connectivity index (χ0n) is 11.0. The van der Waals surface area contributed by atoms with Gasteiger partial charge in [-0.15, -0.1) is 0 Å². The highest BCUT2D eigenvalue weighted by molar-refractivity contribution is 5.94. The number of carbonyl (C=O) groups is 1. The first kappa shape index (κ1) is 13.9. The summed E-state index contributed by atoms with van der Waals surface area (Å²) in [5.41, 5.74) is 7.82. The van der Waals surface area contributed by atoms with Gasteiger partial charge in [0.1, 0.15) is 11.6 Å². The average Bonchev–Trinajstić information content (AvgIpc) is 2.40. The highest BCUT2D eigenvalue weighted by Crippen LogP contribution is 2.19. The van der Waals surface area contributed by atoms with Gasteiger partial charge in [0.15, 0.2) is 6.61 Å². The zero-order valence-corrected chi connectivity index (χ0v) is 11.0. The summed E-state index contributed by atoms with van der Waals surface area (Å²) in [6.45, 7) is 1.70. The third-order valence-corrected chi connectivity index (χ3v) is 2.65. The molecule has 0 radical (unpaired) electrons. The minimum atomic E-state index is -0.411. The number of hydrogen-bond acceptors (Lipinski definition) is 3. The molecule has 0 atom stereocenters. The van der Waals surface area contributed by atoms with Crippen LogP contribution in [0.25, 0.3) is 0 Å². The fourth-order valence-corrected chi connectivity index (χ4v) is 1.69. The molecule has 5 heteroatoms. The first-order valence-electron chi connectivity index (χ1n) is 6.09. The SMILES string of the molecule is Cc1ccc(NC(=O)COc2cccc(F)c2)c(N)c1. The number of aryl methyl sites for hydroxylation is 1. The zero-order chi connectivity index (χ0) is 14.5. The molecule has 3 N–H and O–H groups in total. The molecule has 2 aromatic carbocycles. The summed E-state index contributed by atoms with van der Waals surface area (Å²) in [5.74, 6) is -0.465. The van der Waals surface area contributed by atoms with Crippen molar-refractivity contribution in [2.45, 2.75) is 6.92 Å². The van der Waals surface area contributed by atoms with E-state index in [2.05, 4.69) is 5.32 Å². The second-order valence-electron chi connectivity index (χ2n) is 4.38. The minimum Gasteiger partial charge on any atom is -0.484 e. The van der Waals surface area contributed by atoms with Crippen LogP contribution in [0.5, 0.6) is 5.75 Å². The first-order chi connectivity index (χ1) is 9.54. The molecule has 0 fully saturated rings. The summed E-state index contributed by atoms with van der Waals surface area (Å²) in [6, 6.07) is 11.0. The van der Waals surface area contributed by atoms with Crippen LogP contribution < -0.4 is 15.8 Å². The van der Waals surface area contributed by atoms with Gasteiger partial charge in [0.05, 0.1) is 11.4 Å². The summed E-state index contributed by atoms with van der Waals surface area (Å²) in [7, 11) is 0. The van der Waals surface area contributed by atoms with Crippen LogP contribution in [0.2, 0.25) is 0 Å². The number of carbonyl (C=O) groups excluding carboxylic acids is 1. The molecule has 2 aromatic rings. The summed E-state index contributed by atoms with van der Waals surface area (Å²) in [5, 5.41) is 2.64. The van der Waals surface area contributed by atoms with E-state index in [9.17, 15) is 9.18 Å². The number of anilines is 2. The Balaban J connectivity index is 1.92. The number of hydrogen-bond donors (Lipinski definition) is 2. The van der Waals surface area contributed by atoms with Crippen molar-refractivity contribution in [2.24, 2.45) is 0 Å². The van der Waals surface area contributed by atoms with E-state index in [1.54, 1.807) is 18.2 Å². The summed E-state index contributed by atoms with van der Waals surface area (Å²) in [4.78, 5) is 11.7. The van der Waals surface area contributed by atoms with Crippen LogP contribution in [0.15, 0.2) is 42.5 Å². The van der Waals surface area contributed by atoms with Crippen LogP contribution in [0.4, 0.5) is 15.8 Å². The molecule has 0 bridgehead atoms. The largest absolute Gasteiger partial charge is 0.484 e. The van der Waals surface area contributed by atoms with Gasteiger partial charge in [0, 0.05) is 6.07 Å². The second kappa shape index (κ2) is 6.06. The normalized spacial score (nSPS) is 10.1. The number of ether oxygens (including phenoxy) is 1. The molecule has 0 aliphatic carbocycles. The molecule has 0 spiro atoms. The fourth-order valence-electron chi connectivity index (χ4n) is 1.69. The van der Waals surface area contributed by atoms with Crippen LogP contribution in [-0.4, -0.2) is 12.5 Å². The predicted octanol–water partition coefficient (Wildman–Crippen LogP) is 2.73. The molecule has 20 heavy (non-hydrogen) atoms. The van der Waals surface area contributed by atoms with E-state index in [0.29, 0.717) is 17.1 Å². The molecule has 104 valence electrons. The number of nitrogen functional groups attached to an aromatic ring is 1. The van der Waals surface area contributed by atoms with Gasteiger partial charge in [-0.2, -0.15) is 0 Å². The molecular weight excluding hydrogens is 259 g/mol. The average molecular weight is 274 g/mol. The monoisotopic (exact) mass is 274 g/mol. The van der Waals surface area contributed by atoms with Crippen molar-refractivity contribution in [3.05, 3.63) is 53.8 Å². The molecular formula is C15H15FN2O2. The van der Waals surface area contributed by atoms with Crippen molar-refractivity contribution in [3.8, 4) is 5.75 Å². The number of benzene rings is 2. The van der Waals surface area contributed by atoms with Gasteiger partial charge < -0.3 is 15.8 Å². The third kappa shape index (κ3) is 3.71. The standard InChI is InChI=1S/C15H15FN2O2/c1-10-5-6-14(13(17)7-10)18-15(19)9-20-12-4-2-3-11(16)8-12/h2-8H,9,17H2,1H3,(H,18,19). The lowest BCUT2D eigenvalue weighted by Crippen LogP contribution is -2.20. The molecule has 0 saturated heterocycles. The van der Waals surface area contributed by atoms with Crippen molar-refractivity contribution in [1.82, 2.24) is 0 Å². The summed E-state index contributed by atoms with van der Waals surface area (Å²) in [6.07, 6.45) is 0. The van der Waals surface area contributed by atoms with Gasteiger partial charge in [0.25, 0.3) is 5.91 Å². The number of rotatable bonds is 4. The maximum absolute atomic E-state index is 12.9. The van der Waals surface area contributed by atoms with Gasteiger partial charge in [0.2, 0.25) is 0 Å². The lowest BCUT2D eigenvalue weighted by Gasteiger charge is -2.10. The molecule has 0 aliphatic heterocycles. The molecule has 0 unspecified atom stereocenters. The van der Waals surface area contributed by atoms with Crippen LogP contribution in [0.3, 0.4) is 0 Å². The molecule has 2 rings (SSSR count). The quantitative estimate of drug-likeness (QED) is 0.842. The van der Waals surface area contributed by atoms with E-state index in [4.69, 9.17) is 10.5 Å².